The maximum atomic E-state index is 13.9. The van der Waals surface area contributed by atoms with Gasteiger partial charge in [-0.15, -0.1) is 11.8 Å². The summed E-state index contributed by atoms with van der Waals surface area (Å²) in [6.45, 7) is 1.81. The highest BCUT2D eigenvalue weighted by Gasteiger charge is 2.69. The van der Waals surface area contributed by atoms with E-state index in [0.717, 1.165) is 33.1 Å². The predicted octanol–water partition coefficient (Wildman–Crippen LogP) is 5.44. The third-order valence-corrected chi connectivity index (χ3v) is 12.4. The Bertz CT molecular complexity index is 1850. The molecule has 44 heavy (non-hydrogen) atoms. The number of fused-ring (bicyclic) bond motifs is 9. The zero-order valence-corrected chi connectivity index (χ0v) is 25.4. The number of rotatable bonds is 6. The second-order valence-electron chi connectivity index (χ2n) is 12.0. The van der Waals surface area contributed by atoms with Gasteiger partial charge in [0.25, 0.3) is 5.91 Å². The van der Waals surface area contributed by atoms with Gasteiger partial charge in [-0.25, -0.2) is 0 Å². The van der Waals surface area contributed by atoms with Gasteiger partial charge in [-0.3, -0.25) is 24.1 Å². The van der Waals surface area contributed by atoms with Gasteiger partial charge in [-0.05, 0) is 72.6 Å². The number of para-hydroxylation sites is 2. The van der Waals surface area contributed by atoms with Crippen molar-refractivity contribution in [3.05, 3.63) is 105 Å². The number of ether oxygens (including phenoxy) is 1. The lowest BCUT2D eigenvalue weighted by molar-refractivity contribution is -0.123. The molecular formula is C34H29N3O5S2. The first-order chi connectivity index (χ1) is 21.4. The van der Waals surface area contributed by atoms with Gasteiger partial charge in [0.15, 0.2) is 6.61 Å². The summed E-state index contributed by atoms with van der Waals surface area (Å²) < 4.78 is 5.81. The van der Waals surface area contributed by atoms with Crippen molar-refractivity contribution in [3.63, 3.8) is 0 Å². The van der Waals surface area contributed by atoms with E-state index in [1.165, 1.54) is 16.2 Å². The quantitative estimate of drug-likeness (QED) is 0.277. The lowest BCUT2D eigenvalue weighted by Crippen LogP contribution is -2.42. The minimum atomic E-state index is -0.344. The molecule has 0 unspecified atom stereocenters. The third kappa shape index (κ3) is 4.26. The van der Waals surface area contributed by atoms with Gasteiger partial charge in [-0.1, -0.05) is 59.9 Å². The Morgan fingerprint density at radius 2 is 1.64 bits per heavy atom. The van der Waals surface area contributed by atoms with Crippen LogP contribution in [0.1, 0.15) is 28.3 Å². The molecule has 2 N–H and O–H groups in total. The Balaban J connectivity index is 1.06. The average molecular weight is 624 g/mol. The number of H-pyrrole nitrogens is 1. The van der Waals surface area contributed by atoms with E-state index in [2.05, 4.69) is 10.3 Å². The van der Waals surface area contributed by atoms with Gasteiger partial charge >= 0.3 is 4.87 Å². The first-order valence-electron chi connectivity index (χ1n) is 14.8. The Kier molecular flexibility index (Phi) is 6.53. The number of hydrogen-bond donors (Lipinski definition) is 2. The van der Waals surface area contributed by atoms with Crippen LogP contribution >= 0.6 is 23.1 Å². The van der Waals surface area contributed by atoms with Crippen LogP contribution in [0.4, 0.5) is 11.4 Å². The number of amides is 3. The molecule has 8 rings (SSSR count). The van der Waals surface area contributed by atoms with E-state index in [-0.39, 0.29) is 70.0 Å². The van der Waals surface area contributed by atoms with Gasteiger partial charge in [0.2, 0.25) is 11.8 Å². The van der Waals surface area contributed by atoms with Crippen molar-refractivity contribution in [3.8, 4) is 5.75 Å². The van der Waals surface area contributed by atoms with E-state index in [9.17, 15) is 19.2 Å². The highest BCUT2D eigenvalue weighted by atomic mass is 32.2. The normalized spacial score (nSPS) is 28.0. The topological polar surface area (TPSA) is 109 Å². The van der Waals surface area contributed by atoms with Crippen LogP contribution in [0.5, 0.6) is 5.75 Å². The molecule has 8 nitrogen and oxygen atoms in total. The van der Waals surface area contributed by atoms with E-state index in [1.807, 2.05) is 85.8 Å². The smallest absolute Gasteiger partial charge is 0.305 e. The number of aromatic nitrogens is 1. The number of aromatic amines is 1. The number of nitrogens with zero attached hydrogens (tertiary/aromatic N) is 1. The molecule has 4 aliphatic rings. The number of carbonyl (C=O) groups excluding carboxylic acids is 3. The van der Waals surface area contributed by atoms with Gasteiger partial charge in [0.05, 0.1) is 22.5 Å². The number of thioether (sulfide) groups is 1. The van der Waals surface area contributed by atoms with Crippen LogP contribution in [0, 0.1) is 36.5 Å². The number of imide groups is 1. The molecule has 1 aromatic heterocycles. The van der Waals surface area contributed by atoms with E-state index in [0.29, 0.717) is 11.4 Å². The summed E-state index contributed by atoms with van der Waals surface area (Å²) in [5.41, 5.74) is 3.40. The van der Waals surface area contributed by atoms with Crippen molar-refractivity contribution in [2.45, 2.75) is 29.5 Å². The second kappa shape index (κ2) is 10.5. The largest absolute Gasteiger partial charge is 0.484 e. The van der Waals surface area contributed by atoms with E-state index >= 15 is 0 Å². The fraction of sp³-hybridized carbons (Fsp3) is 0.294. The molecule has 4 aromatic rings. The number of anilines is 2. The maximum absolute atomic E-state index is 13.9. The summed E-state index contributed by atoms with van der Waals surface area (Å²) >= 11 is 2.91. The van der Waals surface area contributed by atoms with Crippen molar-refractivity contribution in [2.75, 3.05) is 16.8 Å². The lowest BCUT2D eigenvalue weighted by Gasteiger charge is -2.43. The zero-order valence-electron chi connectivity index (χ0n) is 23.8. The number of hydrogen-bond acceptors (Lipinski definition) is 7. The molecule has 3 fully saturated rings. The van der Waals surface area contributed by atoms with Crippen molar-refractivity contribution < 1.29 is 19.1 Å². The fourth-order valence-corrected chi connectivity index (χ4v) is 10.9. The van der Waals surface area contributed by atoms with E-state index < -0.39 is 0 Å². The summed E-state index contributed by atoms with van der Waals surface area (Å²) in [7, 11) is 0. The Morgan fingerprint density at radius 3 is 2.39 bits per heavy atom. The summed E-state index contributed by atoms with van der Waals surface area (Å²) in [6, 6.07) is 24.5. The van der Waals surface area contributed by atoms with Crippen LogP contribution in [0.25, 0.3) is 0 Å². The van der Waals surface area contributed by atoms with Crippen LogP contribution in [-0.4, -0.2) is 34.6 Å². The Morgan fingerprint density at radius 1 is 0.932 bits per heavy atom. The molecule has 3 aromatic carbocycles. The number of thiazole rings is 1. The number of nitrogens with one attached hydrogen (secondary N) is 2. The van der Waals surface area contributed by atoms with Gasteiger partial charge in [0, 0.05) is 21.7 Å². The van der Waals surface area contributed by atoms with Crippen molar-refractivity contribution >= 4 is 52.2 Å². The minimum Gasteiger partial charge on any atom is -0.484 e. The third-order valence-electron chi connectivity index (χ3n) is 9.77. The van der Waals surface area contributed by atoms with Crippen molar-refractivity contribution in [1.82, 2.24) is 4.98 Å². The molecule has 2 bridgehead atoms. The minimum absolute atomic E-state index is 0.0454. The average Bonchev–Trinajstić information content (AvgIpc) is 3.77. The van der Waals surface area contributed by atoms with Crippen molar-refractivity contribution in [2.24, 2.45) is 29.6 Å². The zero-order chi connectivity index (χ0) is 30.1. The molecule has 0 spiro atoms. The fourth-order valence-electron chi connectivity index (χ4n) is 8.04. The van der Waals surface area contributed by atoms with Crippen LogP contribution in [0.15, 0.2) is 88.7 Å². The molecule has 7 atom stereocenters. The second-order valence-corrected chi connectivity index (χ2v) is 14.2. The van der Waals surface area contributed by atoms with Crippen molar-refractivity contribution in [1.29, 1.82) is 0 Å². The van der Waals surface area contributed by atoms with Gasteiger partial charge in [0.1, 0.15) is 5.75 Å². The monoisotopic (exact) mass is 623 g/mol. The SMILES string of the molecule is Cc1ccccc1NC(=O)COc1ccc([C@@H]2c3sc(=O)[nH]c3S[C@@H]3[C@@H]4C[C@@H]([C@@H]5C(=O)N(c6ccccc6)C(=O)[C@@H]45)[C@H]23)cc1. The first-order valence-corrected chi connectivity index (χ1v) is 16.5. The molecule has 222 valence electrons. The molecule has 2 saturated carbocycles. The molecule has 0 radical (unpaired) electrons. The highest BCUT2D eigenvalue weighted by Crippen LogP contribution is 2.68. The molecule has 3 amide bonds. The van der Waals surface area contributed by atoms with Crippen LogP contribution in [0.3, 0.4) is 0 Å². The van der Waals surface area contributed by atoms with Crippen LogP contribution in [0.2, 0.25) is 0 Å². The summed E-state index contributed by atoms with van der Waals surface area (Å²) in [4.78, 5) is 58.0. The number of aryl methyl sites for hydroxylation is 1. The molecular weight excluding hydrogens is 595 g/mol. The highest BCUT2D eigenvalue weighted by molar-refractivity contribution is 8.00. The standard InChI is InChI=1S/C34H29N3O5S2/c1-17-7-5-6-10-23(17)35-24(38)16-42-20-13-11-18(12-14-20)25-26-21-15-22(29(26)43-31-30(25)44-34(41)36-31)28-27(21)32(39)37(33(28)40)19-8-3-2-4-9-19/h2-14,21-22,25-29H,15-16H2,1H3,(H,35,38)(H,36,41)/t21-,22-,25+,26-,27+,28+,29-/m1/s1. The van der Waals surface area contributed by atoms with Gasteiger partial charge in [-0.2, -0.15) is 0 Å². The van der Waals surface area contributed by atoms with E-state index in [4.69, 9.17) is 4.74 Å². The maximum Gasteiger partial charge on any atom is 0.305 e. The molecule has 10 heteroatoms. The summed E-state index contributed by atoms with van der Waals surface area (Å²) in [5, 5.41) is 3.88. The Labute approximate surface area is 261 Å². The molecule has 1 saturated heterocycles. The Hall–Kier alpha value is -4.15. The molecule has 2 aliphatic carbocycles. The summed E-state index contributed by atoms with van der Waals surface area (Å²) in [6.07, 6.45) is 0.838. The molecule has 3 heterocycles. The van der Waals surface area contributed by atoms with Crippen LogP contribution < -0.4 is 19.8 Å². The number of carbonyl (C=O) groups is 3. The van der Waals surface area contributed by atoms with Gasteiger partial charge < -0.3 is 15.0 Å². The first kappa shape index (κ1) is 27.4. The molecule has 2 aliphatic heterocycles. The number of benzene rings is 3. The lowest BCUT2D eigenvalue weighted by atomic mass is 9.68. The van der Waals surface area contributed by atoms with E-state index in [1.54, 1.807) is 11.8 Å². The summed E-state index contributed by atoms with van der Waals surface area (Å²) in [5.74, 6) is -0.377. The predicted molar refractivity (Wildman–Crippen MR) is 169 cm³/mol. The van der Waals surface area contributed by atoms with Crippen LogP contribution in [-0.2, 0) is 14.4 Å².